The third-order valence-electron chi connectivity index (χ3n) is 1.72. The van der Waals surface area contributed by atoms with Crippen molar-refractivity contribution in [2.75, 3.05) is 6.54 Å². The van der Waals surface area contributed by atoms with E-state index < -0.39 is 0 Å². The number of hydrogen-bond donors (Lipinski definition) is 0. The Hall–Kier alpha value is -1.58. The summed E-state index contributed by atoms with van der Waals surface area (Å²) in [5, 5.41) is 14.6. The lowest BCUT2D eigenvalue weighted by Crippen LogP contribution is -2.03. The molecule has 0 radical (unpaired) electrons. The lowest BCUT2D eigenvalue weighted by Gasteiger charge is -2.03. The van der Waals surface area contributed by atoms with Crippen molar-refractivity contribution < 1.29 is 9.86 Å². The van der Waals surface area contributed by atoms with Crippen LogP contribution in [-0.4, -0.2) is 11.6 Å². The number of hydrogen-bond acceptors (Lipinski definition) is 3. The van der Waals surface area contributed by atoms with E-state index >= 15 is 0 Å². The molecule has 0 fully saturated rings. The van der Waals surface area contributed by atoms with Gasteiger partial charge >= 0.3 is 0 Å². The summed E-state index contributed by atoms with van der Waals surface area (Å²) in [6, 6.07) is 7.81. The van der Waals surface area contributed by atoms with Crippen LogP contribution in [0.5, 0.6) is 0 Å². The predicted octanol–water partition coefficient (Wildman–Crippen LogP) is 2.41. The van der Waals surface area contributed by atoms with Gasteiger partial charge in [-0.15, -0.1) is 0 Å². The molecule has 0 aliphatic carbocycles. The maximum atomic E-state index is 10.8. The lowest BCUT2D eigenvalue weighted by atomic mass is 10.2. The summed E-state index contributed by atoms with van der Waals surface area (Å²) in [7, 11) is 0. The average Bonchev–Trinajstić information content (AvgIpc) is 2.17. The van der Waals surface area contributed by atoms with Crippen LogP contribution < -0.4 is 0 Å². The summed E-state index contributed by atoms with van der Waals surface area (Å²) in [6.07, 6.45) is 0. The monoisotopic (exact) mass is 194 g/mol. The van der Waals surface area contributed by atoms with E-state index in [1.165, 1.54) is 5.56 Å². The van der Waals surface area contributed by atoms with Gasteiger partial charge in [-0.2, -0.15) is 0 Å². The Bertz CT molecular complexity index is 306. The fraction of sp³-hybridized carbons (Fsp3) is 0.400. The summed E-state index contributed by atoms with van der Waals surface area (Å²) >= 11 is 0. The summed E-state index contributed by atoms with van der Waals surface area (Å²) < 4.78 is 0. The van der Waals surface area contributed by atoms with Gasteiger partial charge in [0.2, 0.25) is 0 Å². The molecular formula is C10H14N2O2. The molecule has 0 amide bonds. The quantitative estimate of drug-likeness (QED) is 0.545. The van der Waals surface area contributed by atoms with Gasteiger partial charge in [-0.05, 0) is 19.4 Å². The average molecular weight is 194 g/mol. The second kappa shape index (κ2) is 5.21. The van der Waals surface area contributed by atoms with E-state index in [4.69, 9.17) is 4.84 Å². The summed E-state index contributed by atoms with van der Waals surface area (Å²) in [5.74, 6) is 0. The van der Waals surface area contributed by atoms with Crippen LogP contribution in [0.15, 0.2) is 29.4 Å². The Labute approximate surface area is 83.4 Å². The zero-order valence-corrected chi connectivity index (χ0v) is 8.43. The third kappa shape index (κ3) is 3.43. The molecule has 14 heavy (non-hydrogen) atoms. The predicted molar refractivity (Wildman–Crippen MR) is 52.6 cm³/mol. The molecule has 1 rings (SSSR count). The highest BCUT2D eigenvalue weighted by molar-refractivity contribution is 5.20. The van der Waals surface area contributed by atoms with Gasteiger partial charge in [-0.1, -0.05) is 29.8 Å². The first kappa shape index (κ1) is 10.5. The molecule has 0 aliphatic rings. The zero-order chi connectivity index (χ0) is 10.4. The molecular weight excluding hydrogens is 180 g/mol. The van der Waals surface area contributed by atoms with Crippen LogP contribution in [0.1, 0.15) is 18.1 Å². The Morgan fingerprint density at radius 3 is 2.57 bits per heavy atom. The van der Waals surface area contributed by atoms with E-state index in [1.807, 2.05) is 31.2 Å². The van der Waals surface area contributed by atoms with Gasteiger partial charge in [0, 0.05) is 5.11 Å². The largest absolute Gasteiger partial charge is 0.376 e. The van der Waals surface area contributed by atoms with E-state index in [1.54, 1.807) is 6.92 Å². The van der Waals surface area contributed by atoms with Crippen molar-refractivity contribution >= 4 is 0 Å². The van der Waals surface area contributed by atoms with E-state index in [2.05, 4.69) is 5.11 Å². The molecule has 0 N–H and O–H groups in total. The van der Waals surface area contributed by atoms with Crippen LogP contribution in [0.4, 0.5) is 0 Å². The van der Waals surface area contributed by atoms with E-state index in [-0.39, 0.29) is 11.6 Å². The minimum absolute atomic E-state index is 0.257. The van der Waals surface area contributed by atoms with Gasteiger partial charge in [0.1, 0.15) is 6.54 Å². The van der Waals surface area contributed by atoms with Crippen molar-refractivity contribution in [1.82, 2.24) is 0 Å². The van der Waals surface area contributed by atoms with Crippen molar-refractivity contribution in [2.24, 2.45) is 5.11 Å². The Balaban J connectivity index is 2.46. The fourth-order valence-electron chi connectivity index (χ4n) is 0.970. The standard InChI is InChI=1S/C10H14N2O2/c1-3-11-12(13)14-8-10-6-4-9(2)5-7-10/h4-7H,3,8H2,1-2H3. The molecule has 4 nitrogen and oxygen atoms in total. The normalized spacial score (nSPS) is 11.4. The number of rotatable bonds is 4. The SMILES string of the molecule is CCN=[N+]([O-])OCc1ccc(C)cc1. The molecule has 0 aliphatic heterocycles. The second-order valence-electron chi connectivity index (χ2n) is 2.95. The third-order valence-corrected chi connectivity index (χ3v) is 1.72. The van der Waals surface area contributed by atoms with Gasteiger partial charge in [-0.3, -0.25) is 0 Å². The van der Waals surface area contributed by atoms with Gasteiger partial charge < -0.3 is 4.84 Å². The first-order valence-electron chi connectivity index (χ1n) is 4.55. The van der Waals surface area contributed by atoms with Crippen LogP contribution >= 0.6 is 0 Å². The van der Waals surface area contributed by atoms with Gasteiger partial charge in [0.05, 0.1) is 6.61 Å². The molecule has 1 aromatic carbocycles. The number of benzene rings is 1. The van der Waals surface area contributed by atoms with Crippen molar-refractivity contribution in [3.63, 3.8) is 0 Å². The molecule has 0 spiro atoms. The maximum absolute atomic E-state index is 10.8. The van der Waals surface area contributed by atoms with Crippen molar-refractivity contribution in [1.29, 1.82) is 0 Å². The molecule has 76 valence electrons. The highest BCUT2D eigenvalue weighted by Gasteiger charge is 1.94. The topological polar surface area (TPSA) is 47.7 Å². The zero-order valence-electron chi connectivity index (χ0n) is 8.43. The van der Waals surface area contributed by atoms with Crippen LogP contribution in [0, 0.1) is 12.1 Å². The van der Waals surface area contributed by atoms with Gasteiger partial charge in [-0.25, -0.2) is 5.21 Å². The second-order valence-corrected chi connectivity index (χ2v) is 2.95. The minimum Gasteiger partial charge on any atom is -0.376 e. The molecule has 4 heteroatoms. The molecule has 0 atom stereocenters. The number of nitrogens with zero attached hydrogens (tertiary/aromatic N) is 2. The molecule has 1 aromatic rings. The van der Waals surface area contributed by atoms with Gasteiger partial charge in [0.25, 0.3) is 0 Å². The van der Waals surface area contributed by atoms with Crippen LogP contribution in [0.3, 0.4) is 0 Å². The highest BCUT2D eigenvalue weighted by atomic mass is 16.9. The lowest BCUT2D eigenvalue weighted by molar-refractivity contribution is -0.795. The van der Waals surface area contributed by atoms with Crippen LogP contribution in [-0.2, 0) is 11.4 Å². The van der Waals surface area contributed by atoms with E-state index in [9.17, 15) is 5.21 Å². The van der Waals surface area contributed by atoms with Crippen molar-refractivity contribution in [3.05, 3.63) is 40.6 Å². The highest BCUT2D eigenvalue weighted by Crippen LogP contribution is 2.04. The first-order valence-corrected chi connectivity index (χ1v) is 4.55. The molecule has 0 unspecified atom stereocenters. The smallest absolute Gasteiger partial charge is 0.169 e. The Kier molecular flexibility index (Phi) is 3.91. The number of aryl methyl sites for hydroxylation is 1. The Morgan fingerprint density at radius 2 is 2.00 bits per heavy atom. The maximum Gasteiger partial charge on any atom is 0.169 e. The van der Waals surface area contributed by atoms with Crippen molar-refractivity contribution in [2.45, 2.75) is 20.5 Å². The fourth-order valence-corrected chi connectivity index (χ4v) is 0.970. The van der Waals surface area contributed by atoms with Crippen LogP contribution in [0.25, 0.3) is 0 Å². The van der Waals surface area contributed by atoms with Crippen molar-refractivity contribution in [3.8, 4) is 0 Å². The summed E-state index contributed by atoms with van der Waals surface area (Å²) in [4.78, 5) is 4.82. The summed E-state index contributed by atoms with van der Waals surface area (Å²) in [6.45, 7) is 4.47. The molecule has 0 saturated carbocycles. The summed E-state index contributed by atoms with van der Waals surface area (Å²) in [5.41, 5.74) is 2.15. The molecule has 0 aromatic heterocycles. The molecule has 0 saturated heterocycles. The first-order chi connectivity index (χ1) is 6.72. The molecule has 0 bridgehead atoms. The van der Waals surface area contributed by atoms with E-state index in [0.717, 1.165) is 5.56 Å². The minimum atomic E-state index is 0.257. The Morgan fingerprint density at radius 1 is 1.36 bits per heavy atom. The van der Waals surface area contributed by atoms with Crippen LogP contribution in [0.2, 0.25) is 0 Å². The molecule has 0 heterocycles. The van der Waals surface area contributed by atoms with E-state index in [0.29, 0.717) is 6.54 Å². The van der Waals surface area contributed by atoms with Gasteiger partial charge in [0.15, 0.2) is 5.02 Å².